The molecule has 2 aliphatic rings. The van der Waals surface area contributed by atoms with E-state index in [4.69, 9.17) is 11.8 Å². The van der Waals surface area contributed by atoms with Crippen molar-refractivity contribution >= 4 is 23.5 Å². The molecule has 0 aliphatic carbocycles. The molecule has 0 spiro atoms. The van der Waals surface area contributed by atoms with Gasteiger partial charge in [-0.1, -0.05) is 42.5 Å². The lowest BCUT2D eigenvalue weighted by Crippen LogP contribution is -2.10. The Morgan fingerprint density at radius 2 is 1.29 bits per heavy atom. The van der Waals surface area contributed by atoms with E-state index in [1.807, 2.05) is 30.3 Å². The maximum absolute atomic E-state index is 9.74. The van der Waals surface area contributed by atoms with Gasteiger partial charge < -0.3 is 0 Å². The number of rotatable bonds is 5. The van der Waals surface area contributed by atoms with Crippen LogP contribution in [0.5, 0.6) is 0 Å². The molecule has 28 heavy (non-hydrogen) atoms. The van der Waals surface area contributed by atoms with Crippen LogP contribution in [0.4, 0.5) is 0 Å². The minimum atomic E-state index is -2.87. The molecule has 8 nitrogen and oxygen atoms in total. The summed E-state index contributed by atoms with van der Waals surface area (Å²) in [6.45, 7) is 0. The first-order valence-electron chi connectivity index (χ1n) is 8.15. The minimum Gasteiger partial charge on any atom is -0.284 e. The van der Waals surface area contributed by atoms with Crippen LogP contribution in [0.25, 0.3) is 0 Å². The van der Waals surface area contributed by atoms with E-state index >= 15 is 0 Å². The molecule has 142 valence electrons. The molecular weight excluding hydrogens is 395 g/mol. The topological polar surface area (TPSA) is 96.4 Å². The Morgan fingerprint density at radius 1 is 0.786 bits per heavy atom. The second kappa shape index (κ2) is 9.29. The van der Waals surface area contributed by atoms with Crippen LogP contribution in [0.15, 0.2) is 123 Å². The summed E-state index contributed by atoms with van der Waals surface area (Å²) in [4.78, 5) is 8.47. The molecule has 0 atom stereocenters. The summed E-state index contributed by atoms with van der Waals surface area (Å²) in [5.41, 5.74) is 0.880. The first-order chi connectivity index (χ1) is 13.6. The van der Waals surface area contributed by atoms with E-state index < -0.39 is 6.34 Å². The van der Waals surface area contributed by atoms with Crippen LogP contribution < -0.4 is 5.30 Å². The number of nitrogens with zero attached hydrogens (tertiary/aromatic N) is 6. The van der Waals surface area contributed by atoms with E-state index in [2.05, 4.69) is 20.0 Å². The van der Waals surface area contributed by atoms with Gasteiger partial charge in [0.25, 0.3) is 0 Å². The Kier molecular flexibility index (Phi) is 6.57. The minimum absolute atomic E-state index is 0.440. The Balaban J connectivity index is 1.87. The molecule has 0 unspecified atom stereocenters. The molecule has 0 aromatic heterocycles. The predicted octanol–water partition coefficient (Wildman–Crippen LogP) is 4.76. The van der Waals surface area contributed by atoms with Gasteiger partial charge in [0.1, 0.15) is 0 Å². The Bertz CT molecular complexity index is 937. The molecule has 1 aromatic carbocycles. The second-order valence-corrected chi connectivity index (χ2v) is 8.98. The largest absolute Gasteiger partial charge is 0.284 e. The van der Waals surface area contributed by atoms with Gasteiger partial charge in [-0.25, -0.2) is 10.1 Å². The van der Waals surface area contributed by atoms with E-state index in [-0.39, 0.29) is 0 Å². The van der Waals surface area contributed by atoms with Crippen molar-refractivity contribution in [1.82, 2.24) is 10.1 Å². The summed E-state index contributed by atoms with van der Waals surface area (Å²) < 4.78 is 0. The third-order valence-electron chi connectivity index (χ3n) is 3.56. The number of allylic oxidation sites excluding steroid dienone is 6. The standard InChI is InChI=1S/C18H17N6O2PS/c25-23-12-6-4-8-16(23)14-19-21-27(28,18-10-2-1-3-11-18)22-20-15-17-9-5-7-13-24(17)26/h1-15,25-26H/b16-14+,17-15+,21-19?,22-20?. The molecule has 2 aliphatic heterocycles. The van der Waals surface area contributed by atoms with Crippen LogP contribution in [0.2, 0.25) is 0 Å². The van der Waals surface area contributed by atoms with Gasteiger partial charge in [0.15, 0.2) is 0 Å². The molecule has 0 fully saturated rings. The highest BCUT2D eigenvalue weighted by atomic mass is 32.4. The van der Waals surface area contributed by atoms with Crippen LogP contribution in [-0.2, 0) is 11.8 Å². The van der Waals surface area contributed by atoms with Crippen LogP contribution in [0, 0.1) is 0 Å². The molecule has 3 rings (SSSR count). The van der Waals surface area contributed by atoms with Gasteiger partial charge in [-0.05, 0) is 36.1 Å². The average Bonchev–Trinajstić information content (AvgIpc) is 2.72. The van der Waals surface area contributed by atoms with Gasteiger partial charge in [0.2, 0.25) is 6.34 Å². The highest BCUT2D eigenvalue weighted by molar-refractivity contribution is 8.16. The monoisotopic (exact) mass is 412 g/mol. The van der Waals surface area contributed by atoms with E-state index in [0.29, 0.717) is 16.7 Å². The quantitative estimate of drug-likeness (QED) is 0.537. The number of hydrogen-bond donors (Lipinski definition) is 2. The highest BCUT2D eigenvalue weighted by Gasteiger charge is 2.18. The molecular formula is C18H17N6O2PS. The zero-order valence-electron chi connectivity index (χ0n) is 14.6. The molecule has 0 bridgehead atoms. The second-order valence-electron chi connectivity index (χ2n) is 5.49. The molecule has 1 aromatic rings. The lowest BCUT2D eigenvalue weighted by Gasteiger charge is -2.14. The first-order valence-corrected chi connectivity index (χ1v) is 10.9. The third kappa shape index (κ3) is 5.05. The summed E-state index contributed by atoms with van der Waals surface area (Å²) in [5, 5.41) is 30.1. The van der Waals surface area contributed by atoms with Crippen molar-refractivity contribution < 1.29 is 10.4 Å². The lowest BCUT2D eigenvalue weighted by molar-refractivity contribution is -0.000663. The third-order valence-corrected chi connectivity index (χ3v) is 6.29. The molecule has 10 heteroatoms. The van der Waals surface area contributed by atoms with Gasteiger partial charge in [0, 0.05) is 17.7 Å². The Morgan fingerprint density at radius 3 is 1.75 bits per heavy atom. The van der Waals surface area contributed by atoms with Gasteiger partial charge in [0.05, 0.1) is 23.8 Å². The summed E-state index contributed by atoms with van der Waals surface area (Å²) in [6, 6.07) is 9.19. The summed E-state index contributed by atoms with van der Waals surface area (Å²) >= 11 is 5.68. The van der Waals surface area contributed by atoms with Crippen LogP contribution in [0.1, 0.15) is 0 Å². The zero-order chi connectivity index (χ0) is 19.8. The Labute approximate surface area is 167 Å². The molecule has 0 saturated heterocycles. The maximum Gasteiger partial charge on any atom is 0.232 e. The fourth-order valence-corrected chi connectivity index (χ4v) is 3.96. The summed E-state index contributed by atoms with van der Waals surface area (Å²) in [6.07, 6.45) is 13.1. The van der Waals surface area contributed by atoms with Crippen molar-refractivity contribution in [2.45, 2.75) is 0 Å². The number of hydrogen-bond acceptors (Lipinski definition) is 7. The molecule has 2 heterocycles. The fourth-order valence-electron chi connectivity index (χ4n) is 2.15. The molecule has 2 N–H and O–H groups in total. The van der Waals surface area contributed by atoms with Gasteiger partial charge in [-0.15, -0.1) is 9.77 Å². The zero-order valence-corrected chi connectivity index (χ0v) is 16.3. The van der Waals surface area contributed by atoms with Gasteiger partial charge in [-0.3, -0.25) is 10.4 Å². The van der Waals surface area contributed by atoms with Gasteiger partial charge in [-0.2, -0.15) is 10.2 Å². The summed E-state index contributed by atoms with van der Waals surface area (Å²) in [7, 11) is 0. The predicted molar refractivity (Wildman–Crippen MR) is 110 cm³/mol. The smallest absolute Gasteiger partial charge is 0.232 e. The average molecular weight is 412 g/mol. The summed E-state index contributed by atoms with van der Waals surface area (Å²) in [5.74, 6) is 0. The maximum atomic E-state index is 9.74. The van der Waals surface area contributed by atoms with Crippen LogP contribution in [0.3, 0.4) is 0 Å². The van der Waals surface area contributed by atoms with Crippen molar-refractivity contribution in [2.24, 2.45) is 20.0 Å². The van der Waals surface area contributed by atoms with Crippen LogP contribution in [-0.4, -0.2) is 20.5 Å². The number of hydroxylamine groups is 4. The van der Waals surface area contributed by atoms with E-state index in [1.165, 1.54) is 24.8 Å². The molecule has 0 saturated carbocycles. The fraction of sp³-hybridized carbons (Fsp3) is 0. The van der Waals surface area contributed by atoms with E-state index in [1.54, 1.807) is 36.5 Å². The normalized spacial score (nSPS) is 21.5. The van der Waals surface area contributed by atoms with Crippen molar-refractivity contribution in [3.63, 3.8) is 0 Å². The van der Waals surface area contributed by atoms with Crippen molar-refractivity contribution in [2.75, 3.05) is 0 Å². The van der Waals surface area contributed by atoms with E-state index in [9.17, 15) is 10.4 Å². The molecule has 0 amide bonds. The van der Waals surface area contributed by atoms with E-state index in [0.717, 1.165) is 10.1 Å². The highest BCUT2D eigenvalue weighted by Crippen LogP contribution is 2.49. The SMILES string of the molecule is ON1C=CC=C/C1=C\N=NP(=S)(N=N/C=C1\C=CC=CN1O)c1ccccc1. The first kappa shape index (κ1) is 19.8. The Hall–Kier alpha value is -2.97. The lowest BCUT2D eigenvalue weighted by atomic mass is 10.3. The van der Waals surface area contributed by atoms with Crippen LogP contribution >= 0.6 is 6.34 Å². The molecule has 0 radical (unpaired) electrons. The van der Waals surface area contributed by atoms with Gasteiger partial charge >= 0.3 is 0 Å². The number of benzene rings is 1. The van der Waals surface area contributed by atoms with Crippen molar-refractivity contribution in [1.29, 1.82) is 0 Å². The van der Waals surface area contributed by atoms with Crippen molar-refractivity contribution in [3.8, 4) is 0 Å². The van der Waals surface area contributed by atoms with Crippen molar-refractivity contribution in [3.05, 3.63) is 103 Å².